The summed E-state index contributed by atoms with van der Waals surface area (Å²) >= 11 is 5.89. The maximum absolute atomic E-state index is 12.6. The van der Waals surface area contributed by atoms with Crippen LogP contribution in [0.4, 0.5) is 0 Å². The first-order chi connectivity index (χ1) is 10.6. The molecule has 2 N–H and O–H groups in total. The van der Waals surface area contributed by atoms with Gasteiger partial charge in [0.1, 0.15) is 5.69 Å². The lowest BCUT2D eigenvalue weighted by Crippen LogP contribution is -2.21. The van der Waals surface area contributed by atoms with Gasteiger partial charge in [0, 0.05) is 28.9 Å². The number of rotatable bonds is 1. The molecular weight excluding hydrogens is 302 g/mol. The number of aromatic nitrogens is 3. The van der Waals surface area contributed by atoms with Gasteiger partial charge in [0.25, 0.3) is 5.56 Å². The van der Waals surface area contributed by atoms with E-state index in [1.165, 1.54) is 4.68 Å². The minimum Gasteiger partial charge on any atom is -0.393 e. The summed E-state index contributed by atoms with van der Waals surface area (Å²) in [6, 6.07) is 6.99. The lowest BCUT2D eigenvalue weighted by Gasteiger charge is -2.21. The Bertz CT molecular complexity index is 866. The SMILES string of the molecule is O=c1c2c[nH]c3c(c-2nn1-c1ccc(Cl)cc1)CC(O)CC3. The van der Waals surface area contributed by atoms with Crippen molar-refractivity contribution in [3.05, 3.63) is 57.1 Å². The molecule has 1 aromatic rings. The monoisotopic (exact) mass is 315 g/mol. The van der Waals surface area contributed by atoms with E-state index in [9.17, 15) is 9.90 Å². The summed E-state index contributed by atoms with van der Waals surface area (Å²) < 4.78 is 1.39. The summed E-state index contributed by atoms with van der Waals surface area (Å²) in [6.45, 7) is 0. The molecule has 0 spiro atoms. The minimum atomic E-state index is -0.373. The van der Waals surface area contributed by atoms with Gasteiger partial charge < -0.3 is 10.1 Å². The summed E-state index contributed by atoms with van der Waals surface area (Å²) in [5.41, 5.74) is 3.72. The molecule has 0 radical (unpaired) electrons. The second-order valence-corrected chi connectivity index (χ2v) is 6.03. The second-order valence-electron chi connectivity index (χ2n) is 5.60. The van der Waals surface area contributed by atoms with E-state index in [1.54, 1.807) is 30.5 Å². The molecule has 2 aliphatic heterocycles. The van der Waals surface area contributed by atoms with Crippen molar-refractivity contribution in [1.82, 2.24) is 14.8 Å². The zero-order chi connectivity index (χ0) is 15.3. The van der Waals surface area contributed by atoms with Crippen LogP contribution < -0.4 is 5.56 Å². The van der Waals surface area contributed by atoms with Gasteiger partial charge in [0.05, 0.1) is 17.4 Å². The number of hydrogen-bond acceptors (Lipinski definition) is 3. The van der Waals surface area contributed by atoms with Crippen LogP contribution in [-0.2, 0) is 12.8 Å². The largest absolute Gasteiger partial charge is 0.393 e. The van der Waals surface area contributed by atoms with Crippen LogP contribution in [0.5, 0.6) is 0 Å². The van der Waals surface area contributed by atoms with E-state index in [-0.39, 0.29) is 11.7 Å². The van der Waals surface area contributed by atoms with Gasteiger partial charge in [-0.25, -0.2) is 0 Å². The summed E-state index contributed by atoms with van der Waals surface area (Å²) in [6.07, 6.45) is 3.38. The van der Waals surface area contributed by atoms with Crippen LogP contribution in [0.1, 0.15) is 17.7 Å². The molecule has 0 aromatic heterocycles. The molecule has 1 unspecified atom stereocenters. The van der Waals surface area contributed by atoms with E-state index in [0.717, 1.165) is 24.1 Å². The molecular formula is C16H14ClN3O2. The van der Waals surface area contributed by atoms with Crippen LogP contribution in [0.2, 0.25) is 5.02 Å². The van der Waals surface area contributed by atoms with Gasteiger partial charge in [0.15, 0.2) is 0 Å². The predicted octanol–water partition coefficient (Wildman–Crippen LogP) is 2.17. The molecule has 22 heavy (non-hydrogen) atoms. The van der Waals surface area contributed by atoms with Gasteiger partial charge in [-0.15, -0.1) is 0 Å². The Morgan fingerprint density at radius 3 is 2.86 bits per heavy atom. The molecule has 2 heterocycles. The summed E-state index contributed by atoms with van der Waals surface area (Å²) in [5.74, 6) is 0. The Balaban J connectivity index is 1.93. The first-order valence-corrected chi connectivity index (χ1v) is 7.57. The standard InChI is InChI=1S/C16H14ClN3O2/c17-9-1-3-10(4-2-9)20-16(22)13-8-18-14-6-5-11(21)7-12(14)15(13)19-20/h1-4,8,11,18,21H,5-7H2. The Hall–Kier alpha value is -2.11. The first kappa shape index (κ1) is 13.5. The molecule has 0 fully saturated rings. The first-order valence-electron chi connectivity index (χ1n) is 7.19. The summed E-state index contributed by atoms with van der Waals surface area (Å²) in [7, 11) is 0. The Labute approximate surface area is 131 Å². The van der Waals surface area contributed by atoms with Crippen LogP contribution in [-0.4, -0.2) is 26.0 Å². The van der Waals surface area contributed by atoms with Crippen LogP contribution in [0.15, 0.2) is 35.3 Å². The van der Waals surface area contributed by atoms with E-state index in [1.807, 2.05) is 0 Å². The molecule has 0 saturated heterocycles. The number of H-pyrrole nitrogens is 1. The number of pyridine rings is 1. The van der Waals surface area contributed by atoms with Gasteiger partial charge >= 0.3 is 0 Å². The van der Waals surface area contributed by atoms with E-state index < -0.39 is 0 Å². The lowest BCUT2D eigenvalue weighted by atomic mass is 9.90. The molecule has 5 nitrogen and oxygen atoms in total. The predicted molar refractivity (Wildman–Crippen MR) is 83.8 cm³/mol. The van der Waals surface area contributed by atoms with Crippen molar-refractivity contribution in [2.24, 2.45) is 0 Å². The second kappa shape index (κ2) is 4.97. The Morgan fingerprint density at radius 2 is 2.09 bits per heavy atom. The minimum absolute atomic E-state index is 0.170. The molecule has 4 rings (SSSR count). The smallest absolute Gasteiger partial charge is 0.282 e. The van der Waals surface area contributed by atoms with Crippen molar-refractivity contribution in [3.63, 3.8) is 0 Å². The van der Waals surface area contributed by atoms with Crippen LogP contribution in [0.3, 0.4) is 0 Å². The number of nitrogens with zero attached hydrogens (tertiary/aromatic N) is 2. The van der Waals surface area contributed by atoms with E-state index in [4.69, 9.17) is 11.6 Å². The molecule has 6 heteroatoms. The van der Waals surface area contributed by atoms with Crippen LogP contribution in [0, 0.1) is 0 Å². The zero-order valence-electron chi connectivity index (χ0n) is 11.7. The third-order valence-corrected chi connectivity index (χ3v) is 4.41. The number of aryl methyl sites for hydroxylation is 1. The molecule has 0 amide bonds. The number of aliphatic hydroxyl groups is 1. The van der Waals surface area contributed by atoms with Crippen molar-refractivity contribution in [2.45, 2.75) is 25.4 Å². The molecule has 1 atom stereocenters. The Morgan fingerprint density at radius 1 is 1.32 bits per heavy atom. The molecule has 0 bridgehead atoms. The quantitative estimate of drug-likeness (QED) is 0.723. The average Bonchev–Trinajstić information content (AvgIpc) is 2.86. The van der Waals surface area contributed by atoms with Crippen LogP contribution in [0.25, 0.3) is 16.9 Å². The van der Waals surface area contributed by atoms with Gasteiger partial charge in [-0.2, -0.15) is 9.78 Å². The lowest BCUT2D eigenvalue weighted by molar-refractivity contribution is 0.158. The number of aliphatic hydroxyl groups excluding tert-OH is 1. The normalized spacial score (nSPS) is 17.6. The third-order valence-electron chi connectivity index (χ3n) is 4.16. The van der Waals surface area contributed by atoms with E-state index in [0.29, 0.717) is 28.4 Å². The average molecular weight is 316 g/mol. The van der Waals surface area contributed by atoms with Gasteiger partial charge in [-0.05, 0) is 37.1 Å². The van der Waals surface area contributed by atoms with E-state index in [2.05, 4.69) is 10.1 Å². The molecule has 3 aliphatic rings. The highest BCUT2D eigenvalue weighted by Gasteiger charge is 2.26. The maximum Gasteiger partial charge on any atom is 0.282 e. The number of halogens is 1. The highest BCUT2D eigenvalue weighted by Crippen LogP contribution is 2.29. The zero-order valence-corrected chi connectivity index (χ0v) is 12.5. The number of benzene rings is 1. The summed E-state index contributed by atoms with van der Waals surface area (Å²) in [4.78, 5) is 15.7. The van der Waals surface area contributed by atoms with Crippen molar-refractivity contribution >= 4 is 11.6 Å². The highest BCUT2D eigenvalue weighted by molar-refractivity contribution is 6.30. The fourth-order valence-corrected chi connectivity index (χ4v) is 3.13. The molecule has 112 valence electrons. The number of nitrogens with one attached hydrogen (secondary N) is 1. The van der Waals surface area contributed by atoms with Gasteiger partial charge in [0.2, 0.25) is 0 Å². The number of aromatic amines is 1. The van der Waals surface area contributed by atoms with Crippen molar-refractivity contribution in [3.8, 4) is 16.9 Å². The van der Waals surface area contributed by atoms with Crippen molar-refractivity contribution in [2.75, 3.05) is 0 Å². The van der Waals surface area contributed by atoms with Crippen LogP contribution >= 0.6 is 11.6 Å². The molecule has 0 saturated carbocycles. The highest BCUT2D eigenvalue weighted by atomic mass is 35.5. The molecule has 1 aliphatic carbocycles. The molecule has 1 aromatic carbocycles. The fourth-order valence-electron chi connectivity index (χ4n) is 3.01. The van der Waals surface area contributed by atoms with Gasteiger partial charge in [-0.3, -0.25) is 4.79 Å². The van der Waals surface area contributed by atoms with E-state index >= 15 is 0 Å². The fraction of sp³-hybridized carbons (Fsp3) is 0.250. The number of fused-ring (bicyclic) bond motifs is 3. The maximum atomic E-state index is 12.6. The van der Waals surface area contributed by atoms with Crippen molar-refractivity contribution < 1.29 is 5.11 Å². The Kier molecular flexibility index (Phi) is 3.06. The van der Waals surface area contributed by atoms with Gasteiger partial charge in [-0.1, -0.05) is 11.6 Å². The topological polar surface area (TPSA) is 70.9 Å². The van der Waals surface area contributed by atoms with Crippen molar-refractivity contribution in [1.29, 1.82) is 0 Å². The third kappa shape index (κ3) is 2.05. The number of hydrogen-bond donors (Lipinski definition) is 2. The summed E-state index contributed by atoms with van der Waals surface area (Å²) in [5, 5.41) is 15.0.